The summed E-state index contributed by atoms with van der Waals surface area (Å²) in [6.07, 6.45) is 4.37. The van der Waals surface area contributed by atoms with Crippen molar-refractivity contribution in [2.45, 2.75) is 0 Å². The molecule has 0 bridgehead atoms. The Morgan fingerprint density at radius 1 is 1.30 bits per heavy atom. The SMILES string of the molecule is NC(=S)c1ccccc1OCC(=O)Nc1cncnc1. The van der Waals surface area contributed by atoms with Gasteiger partial charge < -0.3 is 15.8 Å². The molecular formula is C13H12N4O2S. The monoisotopic (exact) mass is 288 g/mol. The molecule has 0 aliphatic heterocycles. The average molecular weight is 288 g/mol. The van der Waals surface area contributed by atoms with Crippen LogP contribution in [0, 0.1) is 0 Å². The minimum Gasteiger partial charge on any atom is -0.483 e. The number of benzene rings is 1. The van der Waals surface area contributed by atoms with Crippen molar-refractivity contribution >= 4 is 28.8 Å². The molecule has 1 aromatic heterocycles. The normalized spacial score (nSPS) is 9.80. The maximum atomic E-state index is 11.7. The van der Waals surface area contributed by atoms with Gasteiger partial charge in [-0.25, -0.2) is 9.97 Å². The van der Waals surface area contributed by atoms with Crippen molar-refractivity contribution in [2.24, 2.45) is 5.73 Å². The number of rotatable bonds is 5. The van der Waals surface area contributed by atoms with Crippen molar-refractivity contribution in [3.8, 4) is 5.75 Å². The number of nitrogens with one attached hydrogen (secondary N) is 1. The fourth-order valence-corrected chi connectivity index (χ4v) is 1.67. The van der Waals surface area contributed by atoms with Crippen LogP contribution in [0.25, 0.3) is 0 Å². The Labute approximate surface area is 121 Å². The number of nitrogens with zero attached hydrogens (tertiary/aromatic N) is 2. The van der Waals surface area contributed by atoms with Gasteiger partial charge in [0, 0.05) is 0 Å². The Morgan fingerprint density at radius 3 is 2.70 bits per heavy atom. The Bertz CT molecular complexity index is 619. The number of para-hydroxylation sites is 1. The second kappa shape index (κ2) is 6.58. The first kappa shape index (κ1) is 13.9. The fraction of sp³-hybridized carbons (Fsp3) is 0.0769. The first-order valence-corrected chi connectivity index (χ1v) is 6.14. The van der Waals surface area contributed by atoms with Gasteiger partial charge in [-0.2, -0.15) is 0 Å². The molecule has 2 rings (SSSR count). The highest BCUT2D eigenvalue weighted by Gasteiger charge is 2.08. The second-order valence-corrected chi connectivity index (χ2v) is 4.26. The Morgan fingerprint density at radius 2 is 2.00 bits per heavy atom. The number of carbonyl (C=O) groups excluding carboxylic acids is 1. The third-order valence-electron chi connectivity index (χ3n) is 2.36. The number of hydrogen-bond donors (Lipinski definition) is 2. The minimum absolute atomic E-state index is 0.158. The fourth-order valence-electron chi connectivity index (χ4n) is 1.50. The lowest BCUT2D eigenvalue weighted by Gasteiger charge is -2.10. The van der Waals surface area contributed by atoms with Gasteiger partial charge in [-0.05, 0) is 12.1 Å². The van der Waals surface area contributed by atoms with Crippen LogP contribution in [-0.2, 0) is 4.79 Å². The molecule has 0 aliphatic carbocycles. The summed E-state index contributed by atoms with van der Waals surface area (Å²) in [6.45, 7) is -0.158. The van der Waals surface area contributed by atoms with E-state index in [0.29, 0.717) is 17.0 Å². The first-order valence-electron chi connectivity index (χ1n) is 5.73. The number of nitrogens with two attached hydrogens (primary N) is 1. The highest BCUT2D eigenvalue weighted by Crippen LogP contribution is 2.17. The molecule has 0 atom stereocenters. The van der Waals surface area contributed by atoms with E-state index < -0.39 is 0 Å². The molecule has 20 heavy (non-hydrogen) atoms. The van der Waals surface area contributed by atoms with E-state index in [2.05, 4.69) is 15.3 Å². The van der Waals surface area contributed by atoms with Crippen LogP contribution in [0.15, 0.2) is 43.0 Å². The maximum absolute atomic E-state index is 11.7. The Kier molecular flexibility index (Phi) is 4.56. The summed E-state index contributed by atoms with van der Waals surface area (Å²) >= 11 is 4.92. The van der Waals surface area contributed by atoms with Gasteiger partial charge in [-0.3, -0.25) is 4.79 Å². The smallest absolute Gasteiger partial charge is 0.262 e. The van der Waals surface area contributed by atoms with Crippen molar-refractivity contribution in [3.05, 3.63) is 48.5 Å². The molecular weight excluding hydrogens is 276 g/mol. The highest BCUT2D eigenvalue weighted by molar-refractivity contribution is 7.80. The molecule has 1 heterocycles. The van der Waals surface area contributed by atoms with Gasteiger partial charge in [0.25, 0.3) is 5.91 Å². The van der Waals surface area contributed by atoms with Gasteiger partial charge in [-0.1, -0.05) is 24.4 Å². The molecule has 0 saturated heterocycles. The van der Waals surface area contributed by atoms with E-state index in [4.69, 9.17) is 22.7 Å². The molecule has 0 spiro atoms. The van der Waals surface area contributed by atoms with E-state index in [1.165, 1.54) is 18.7 Å². The second-order valence-electron chi connectivity index (χ2n) is 3.82. The molecule has 6 nitrogen and oxygen atoms in total. The predicted octanol–water partition coefficient (Wildman–Crippen LogP) is 1.13. The van der Waals surface area contributed by atoms with Crippen LogP contribution in [0.5, 0.6) is 5.75 Å². The third-order valence-corrected chi connectivity index (χ3v) is 2.58. The molecule has 0 unspecified atom stereocenters. The van der Waals surface area contributed by atoms with Crippen LogP contribution in [-0.4, -0.2) is 27.5 Å². The van der Waals surface area contributed by atoms with E-state index in [1.807, 2.05) is 0 Å². The average Bonchev–Trinajstić information content (AvgIpc) is 2.46. The summed E-state index contributed by atoms with van der Waals surface area (Å²) < 4.78 is 5.41. The molecule has 102 valence electrons. The van der Waals surface area contributed by atoms with Crippen molar-refractivity contribution in [1.82, 2.24) is 9.97 Å². The number of hydrogen-bond acceptors (Lipinski definition) is 5. The van der Waals surface area contributed by atoms with Gasteiger partial charge in [0.2, 0.25) is 0 Å². The first-order chi connectivity index (χ1) is 9.66. The van der Waals surface area contributed by atoms with Crippen LogP contribution in [0.3, 0.4) is 0 Å². The van der Waals surface area contributed by atoms with Crippen molar-refractivity contribution < 1.29 is 9.53 Å². The van der Waals surface area contributed by atoms with Gasteiger partial charge >= 0.3 is 0 Å². The molecule has 0 fully saturated rings. The van der Waals surface area contributed by atoms with Crippen LogP contribution in [0.1, 0.15) is 5.56 Å². The molecule has 0 radical (unpaired) electrons. The quantitative estimate of drug-likeness (QED) is 0.802. The number of amides is 1. The molecule has 7 heteroatoms. The standard InChI is InChI=1S/C13H12N4O2S/c14-13(20)10-3-1-2-4-11(10)19-7-12(18)17-9-5-15-8-16-6-9/h1-6,8H,7H2,(H2,14,20)(H,17,18). The van der Waals surface area contributed by atoms with E-state index >= 15 is 0 Å². The number of carbonyl (C=O) groups is 1. The van der Waals surface area contributed by atoms with Crippen LogP contribution in [0.4, 0.5) is 5.69 Å². The van der Waals surface area contributed by atoms with Crippen LogP contribution >= 0.6 is 12.2 Å². The molecule has 3 N–H and O–H groups in total. The Hall–Kier alpha value is -2.54. The van der Waals surface area contributed by atoms with Gasteiger partial charge in [0.15, 0.2) is 6.61 Å². The lowest BCUT2D eigenvalue weighted by molar-refractivity contribution is -0.118. The van der Waals surface area contributed by atoms with Crippen molar-refractivity contribution in [1.29, 1.82) is 0 Å². The lowest BCUT2D eigenvalue weighted by atomic mass is 10.2. The molecule has 0 aliphatic rings. The van der Waals surface area contributed by atoms with Gasteiger partial charge in [-0.15, -0.1) is 0 Å². The third kappa shape index (κ3) is 3.72. The van der Waals surface area contributed by atoms with E-state index in [9.17, 15) is 4.79 Å². The lowest BCUT2D eigenvalue weighted by Crippen LogP contribution is -2.21. The minimum atomic E-state index is -0.322. The summed E-state index contributed by atoms with van der Waals surface area (Å²) in [7, 11) is 0. The van der Waals surface area contributed by atoms with Crippen LogP contribution < -0.4 is 15.8 Å². The van der Waals surface area contributed by atoms with E-state index in [-0.39, 0.29) is 17.5 Å². The van der Waals surface area contributed by atoms with Gasteiger partial charge in [0.1, 0.15) is 17.1 Å². The summed E-state index contributed by atoms with van der Waals surface area (Å²) in [5.74, 6) is 0.150. The summed E-state index contributed by atoms with van der Waals surface area (Å²) in [5.41, 5.74) is 6.68. The molecule has 1 amide bonds. The van der Waals surface area contributed by atoms with Crippen molar-refractivity contribution in [2.75, 3.05) is 11.9 Å². The zero-order valence-corrected chi connectivity index (χ0v) is 11.3. The topological polar surface area (TPSA) is 90.1 Å². The highest BCUT2D eigenvalue weighted by atomic mass is 32.1. The largest absolute Gasteiger partial charge is 0.483 e. The summed E-state index contributed by atoms with van der Waals surface area (Å²) in [6, 6.07) is 7.01. The number of aromatic nitrogens is 2. The van der Waals surface area contributed by atoms with E-state index in [1.54, 1.807) is 24.3 Å². The summed E-state index contributed by atoms with van der Waals surface area (Å²) in [5, 5.41) is 2.61. The predicted molar refractivity (Wildman–Crippen MR) is 78.5 cm³/mol. The Balaban J connectivity index is 1.96. The van der Waals surface area contributed by atoms with Crippen LogP contribution in [0.2, 0.25) is 0 Å². The maximum Gasteiger partial charge on any atom is 0.262 e. The number of ether oxygens (including phenoxy) is 1. The zero-order chi connectivity index (χ0) is 14.4. The van der Waals surface area contributed by atoms with E-state index in [0.717, 1.165) is 0 Å². The molecule has 1 aromatic carbocycles. The zero-order valence-electron chi connectivity index (χ0n) is 10.4. The molecule has 0 saturated carbocycles. The molecule has 2 aromatic rings. The number of anilines is 1. The van der Waals surface area contributed by atoms with Crippen molar-refractivity contribution in [3.63, 3.8) is 0 Å². The number of thiocarbonyl (C=S) groups is 1. The van der Waals surface area contributed by atoms with Gasteiger partial charge in [0.05, 0.1) is 23.6 Å². The summed E-state index contributed by atoms with van der Waals surface area (Å²) in [4.78, 5) is 19.5.